The quantitative estimate of drug-likeness (QED) is 0.572. The molecule has 0 aliphatic rings. The molecule has 2 aromatic carbocycles. The van der Waals surface area contributed by atoms with E-state index in [2.05, 4.69) is 55.5 Å². The van der Waals surface area contributed by atoms with Crippen LogP contribution in [0.4, 0.5) is 0 Å². The number of benzene rings is 2. The fraction of sp³-hybridized carbons (Fsp3) is 0.294. The Morgan fingerprint density at radius 3 is 2.30 bits per heavy atom. The van der Waals surface area contributed by atoms with Gasteiger partial charge in [-0.25, -0.2) is 0 Å². The van der Waals surface area contributed by atoms with Crippen molar-refractivity contribution in [3.63, 3.8) is 0 Å². The number of thioether (sulfide) groups is 1. The predicted octanol–water partition coefficient (Wildman–Crippen LogP) is 4.58. The first-order valence-electron chi connectivity index (χ1n) is 6.57. The molecule has 0 radical (unpaired) electrons. The van der Waals surface area contributed by atoms with Crippen molar-refractivity contribution < 1.29 is 9.47 Å². The molecule has 0 N–H and O–H groups in total. The van der Waals surface area contributed by atoms with Gasteiger partial charge in [0.05, 0.1) is 0 Å². The lowest BCUT2D eigenvalue weighted by Crippen LogP contribution is -2.02. The van der Waals surface area contributed by atoms with Crippen molar-refractivity contribution in [2.24, 2.45) is 0 Å². The molecule has 106 valence electrons. The molecule has 0 aromatic heterocycles. The highest BCUT2D eigenvalue weighted by molar-refractivity contribution is 7.98. The molecule has 2 rings (SSSR count). The van der Waals surface area contributed by atoms with Crippen molar-refractivity contribution in [1.29, 1.82) is 0 Å². The maximum atomic E-state index is 5.24. The van der Waals surface area contributed by atoms with Crippen molar-refractivity contribution in [3.05, 3.63) is 65.2 Å². The zero-order chi connectivity index (χ0) is 14.4. The summed E-state index contributed by atoms with van der Waals surface area (Å²) in [6.45, 7) is 2.12. The molecule has 2 aromatic rings. The molecule has 0 bridgehead atoms. The molecule has 0 amide bonds. The average Bonchev–Trinajstić information content (AvgIpc) is 2.48. The molecule has 3 heteroatoms. The van der Waals surface area contributed by atoms with Crippen molar-refractivity contribution in [3.8, 4) is 0 Å². The van der Waals surface area contributed by atoms with E-state index in [0.717, 1.165) is 11.3 Å². The number of rotatable bonds is 6. The molecular weight excluding hydrogens is 268 g/mol. The van der Waals surface area contributed by atoms with Crippen LogP contribution in [0.15, 0.2) is 53.4 Å². The van der Waals surface area contributed by atoms with Crippen LogP contribution in [0, 0.1) is 6.92 Å². The number of hydrogen-bond donors (Lipinski definition) is 0. The van der Waals surface area contributed by atoms with E-state index in [1.54, 1.807) is 14.2 Å². The van der Waals surface area contributed by atoms with Crippen molar-refractivity contribution in [2.75, 3.05) is 14.2 Å². The Hall–Kier alpha value is -1.29. The van der Waals surface area contributed by atoms with Gasteiger partial charge in [0.25, 0.3) is 0 Å². The van der Waals surface area contributed by atoms with Crippen LogP contribution < -0.4 is 0 Å². The molecule has 0 saturated heterocycles. The number of methoxy groups -OCH3 is 2. The molecule has 0 atom stereocenters. The predicted molar refractivity (Wildman–Crippen MR) is 83.9 cm³/mol. The van der Waals surface area contributed by atoms with Gasteiger partial charge in [-0.2, -0.15) is 0 Å². The Kier molecular flexibility index (Phi) is 5.65. The smallest absolute Gasteiger partial charge is 0.183 e. The van der Waals surface area contributed by atoms with E-state index in [1.807, 2.05) is 11.8 Å². The van der Waals surface area contributed by atoms with Gasteiger partial charge < -0.3 is 9.47 Å². The van der Waals surface area contributed by atoms with Gasteiger partial charge >= 0.3 is 0 Å². The normalized spacial score (nSPS) is 11.0. The Labute approximate surface area is 125 Å². The molecule has 0 spiro atoms. The average molecular weight is 288 g/mol. The lowest BCUT2D eigenvalue weighted by Gasteiger charge is -2.13. The molecule has 0 aliphatic heterocycles. The van der Waals surface area contributed by atoms with Crippen LogP contribution in [0.5, 0.6) is 0 Å². The second kappa shape index (κ2) is 7.48. The first-order valence-corrected chi connectivity index (χ1v) is 7.55. The lowest BCUT2D eigenvalue weighted by atomic mass is 10.2. The summed E-state index contributed by atoms with van der Waals surface area (Å²) in [4.78, 5) is 1.25. The minimum Gasteiger partial charge on any atom is -0.352 e. The second-order valence-electron chi connectivity index (χ2n) is 4.65. The Morgan fingerprint density at radius 1 is 1.00 bits per heavy atom. The fourth-order valence-electron chi connectivity index (χ4n) is 2.06. The molecule has 0 unspecified atom stereocenters. The van der Waals surface area contributed by atoms with E-state index >= 15 is 0 Å². The van der Waals surface area contributed by atoms with E-state index in [9.17, 15) is 0 Å². The van der Waals surface area contributed by atoms with Crippen molar-refractivity contribution in [2.45, 2.75) is 23.9 Å². The Balaban J connectivity index is 1.97. The van der Waals surface area contributed by atoms with Crippen LogP contribution in [-0.4, -0.2) is 14.2 Å². The van der Waals surface area contributed by atoms with Gasteiger partial charge in [-0.05, 0) is 24.6 Å². The minimum absolute atomic E-state index is 0.286. The zero-order valence-electron chi connectivity index (χ0n) is 12.1. The first kappa shape index (κ1) is 15.1. The SMILES string of the molecule is COC(OC)c1ccc(SCc2cccc(C)c2)cc1. The van der Waals surface area contributed by atoms with Gasteiger partial charge in [-0.3, -0.25) is 0 Å². The summed E-state index contributed by atoms with van der Waals surface area (Å²) in [6.07, 6.45) is -0.286. The Morgan fingerprint density at radius 2 is 1.70 bits per heavy atom. The summed E-state index contributed by atoms with van der Waals surface area (Å²) in [7, 11) is 3.29. The van der Waals surface area contributed by atoms with Gasteiger partial charge in [0.15, 0.2) is 6.29 Å². The van der Waals surface area contributed by atoms with Crippen LogP contribution >= 0.6 is 11.8 Å². The standard InChI is InChI=1S/C17H20O2S/c1-13-5-4-6-14(11-13)12-20-16-9-7-15(8-10-16)17(18-2)19-3/h4-11,17H,12H2,1-3H3. The maximum Gasteiger partial charge on any atom is 0.183 e. The van der Waals surface area contributed by atoms with E-state index in [0.29, 0.717) is 0 Å². The van der Waals surface area contributed by atoms with Crippen LogP contribution in [-0.2, 0) is 15.2 Å². The van der Waals surface area contributed by atoms with Crippen LogP contribution in [0.2, 0.25) is 0 Å². The first-order chi connectivity index (χ1) is 9.72. The van der Waals surface area contributed by atoms with Gasteiger partial charge in [-0.1, -0.05) is 42.0 Å². The van der Waals surface area contributed by atoms with Crippen LogP contribution in [0.1, 0.15) is 23.0 Å². The van der Waals surface area contributed by atoms with Crippen molar-refractivity contribution in [1.82, 2.24) is 0 Å². The largest absolute Gasteiger partial charge is 0.352 e. The van der Waals surface area contributed by atoms with Gasteiger partial charge in [0.1, 0.15) is 0 Å². The molecule has 0 heterocycles. The van der Waals surface area contributed by atoms with Gasteiger partial charge in [0.2, 0.25) is 0 Å². The summed E-state index contributed by atoms with van der Waals surface area (Å²) in [5.74, 6) is 0.985. The van der Waals surface area contributed by atoms with E-state index in [1.165, 1.54) is 16.0 Å². The topological polar surface area (TPSA) is 18.5 Å². The lowest BCUT2D eigenvalue weighted by molar-refractivity contribution is -0.106. The zero-order valence-corrected chi connectivity index (χ0v) is 12.9. The highest BCUT2D eigenvalue weighted by Gasteiger charge is 2.08. The summed E-state index contributed by atoms with van der Waals surface area (Å²) in [6, 6.07) is 17.0. The molecule has 2 nitrogen and oxygen atoms in total. The van der Waals surface area contributed by atoms with E-state index in [4.69, 9.17) is 9.47 Å². The minimum atomic E-state index is -0.286. The third-order valence-electron chi connectivity index (χ3n) is 3.07. The summed E-state index contributed by atoms with van der Waals surface area (Å²) < 4.78 is 10.5. The van der Waals surface area contributed by atoms with Crippen molar-refractivity contribution >= 4 is 11.8 Å². The third-order valence-corrected chi connectivity index (χ3v) is 4.15. The monoisotopic (exact) mass is 288 g/mol. The second-order valence-corrected chi connectivity index (χ2v) is 5.70. The van der Waals surface area contributed by atoms with E-state index in [-0.39, 0.29) is 6.29 Å². The molecule has 0 fully saturated rings. The maximum absolute atomic E-state index is 5.24. The summed E-state index contributed by atoms with van der Waals surface area (Å²) >= 11 is 1.84. The number of aryl methyl sites for hydroxylation is 1. The third kappa shape index (κ3) is 4.10. The van der Waals surface area contributed by atoms with Crippen LogP contribution in [0.25, 0.3) is 0 Å². The number of ether oxygens (including phenoxy) is 2. The molecular formula is C17H20O2S. The summed E-state index contributed by atoms with van der Waals surface area (Å²) in [5.41, 5.74) is 3.70. The molecule has 0 aliphatic carbocycles. The molecule has 0 saturated carbocycles. The highest BCUT2D eigenvalue weighted by Crippen LogP contribution is 2.25. The van der Waals surface area contributed by atoms with Gasteiger partial charge in [-0.15, -0.1) is 11.8 Å². The number of hydrogen-bond acceptors (Lipinski definition) is 3. The Bertz CT molecular complexity index is 533. The fourth-order valence-corrected chi connectivity index (χ4v) is 2.90. The molecule has 20 heavy (non-hydrogen) atoms. The van der Waals surface area contributed by atoms with Gasteiger partial charge in [0, 0.05) is 30.4 Å². The highest BCUT2D eigenvalue weighted by atomic mass is 32.2. The van der Waals surface area contributed by atoms with Crippen LogP contribution in [0.3, 0.4) is 0 Å². The summed E-state index contributed by atoms with van der Waals surface area (Å²) in [5, 5.41) is 0. The van der Waals surface area contributed by atoms with E-state index < -0.39 is 0 Å².